The predicted octanol–water partition coefficient (Wildman–Crippen LogP) is 4.39. The first-order valence-corrected chi connectivity index (χ1v) is 7.90. The molecule has 3 rings (SSSR count). The lowest BCUT2D eigenvalue weighted by Crippen LogP contribution is -2.29. The van der Waals surface area contributed by atoms with Crippen LogP contribution in [0.25, 0.3) is 0 Å². The second-order valence-electron chi connectivity index (χ2n) is 5.69. The van der Waals surface area contributed by atoms with E-state index in [-0.39, 0.29) is 0 Å². The van der Waals surface area contributed by atoms with Crippen molar-refractivity contribution >= 4 is 11.4 Å². The fourth-order valence-electron chi connectivity index (χ4n) is 3.52. The van der Waals surface area contributed by atoms with E-state index in [4.69, 9.17) is 0 Å². The molecule has 1 aliphatic rings. The molecule has 0 aromatic heterocycles. The molecule has 0 radical (unpaired) electrons. The van der Waals surface area contributed by atoms with Crippen LogP contribution < -0.4 is 4.90 Å². The van der Waals surface area contributed by atoms with Crippen molar-refractivity contribution in [2.24, 2.45) is 0 Å². The second kappa shape index (κ2) is 5.90. The predicted molar refractivity (Wildman–Crippen MR) is 90.3 cm³/mol. The Hall–Kier alpha value is -1.80. The molecule has 0 N–H and O–H groups in total. The molecule has 2 aromatic rings. The van der Waals surface area contributed by atoms with Crippen molar-refractivity contribution in [1.82, 2.24) is 4.90 Å². The molecule has 0 spiro atoms. The molecule has 2 nitrogen and oxygen atoms in total. The Morgan fingerprint density at radius 3 is 2.29 bits per heavy atom. The Bertz CT molecular complexity index is 616. The highest BCUT2D eigenvalue weighted by Crippen LogP contribution is 2.41. The van der Waals surface area contributed by atoms with Crippen LogP contribution in [0, 0.1) is 0 Å². The summed E-state index contributed by atoms with van der Waals surface area (Å²) in [6.45, 7) is 6.68. The molecule has 2 aromatic carbocycles. The zero-order valence-electron chi connectivity index (χ0n) is 13.2. The van der Waals surface area contributed by atoms with E-state index in [9.17, 15) is 0 Å². The number of fused-ring (bicyclic) bond motifs is 2. The Balaban J connectivity index is 2.17. The fourth-order valence-corrected chi connectivity index (χ4v) is 3.52. The molecule has 1 heterocycles. The van der Waals surface area contributed by atoms with Gasteiger partial charge in [0.25, 0.3) is 0 Å². The summed E-state index contributed by atoms with van der Waals surface area (Å²) < 4.78 is 0. The molecular weight excluding hydrogens is 256 g/mol. The van der Waals surface area contributed by atoms with Gasteiger partial charge in [0.2, 0.25) is 0 Å². The Morgan fingerprint density at radius 1 is 0.952 bits per heavy atom. The van der Waals surface area contributed by atoms with Crippen LogP contribution in [0.3, 0.4) is 0 Å². The number of anilines is 2. The van der Waals surface area contributed by atoms with Crippen molar-refractivity contribution in [2.75, 3.05) is 25.0 Å². The molecule has 0 saturated heterocycles. The fraction of sp³-hybridized carbons (Fsp3) is 0.368. The summed E-state index contributed by atoms with van der Waals surface area (Å²) in [5, 5.41) is 0. The first-order valence-electron chi connectivity index (χ1n) is 7.90. The molecule has 0 saturated carbocycles. The van der Waals surface area contributed by atoms with Crippen molar-refractivity contribution < 1.29 is 0 Å². The third-order valence-corrected chi connectivity index (χ3v) is 4.68. The number of likely N-dealkylation sites (N-methyl/N-ethyl adjacent to an activating group) is 1. The van der Waals surface area contributed by atoms with Crippen LogP contribution in [-0.2, 0) is 6.42 Å². The molecule has 2 heteroatoms. The number of hydrogen-bond acceptors (Lipinski definition) is 2. The van der Waals surface area contributed by atoms with Crippen LogP contribution in [0.5, 0.6) is 0 Å². The van der Waals surface area contributed by atoms with Gasteiger partial charge in [-0.25, -0.2) is 0 Å². The highest BCUT2D eigenvalue weighted by molar-refractivity contribution is 5.71. The van der Waals surface area contributed by atoms with Crippen LogP contribution in [0.15, 0.2) is 48.5 Å². The summed E-state index contributed by atoms with van der Waals surface area (Å²) in [6.07, 6.45) is 1.08. The summed E-state index contributed by atoms with van der Waals surface area (Å²) in [5.74, 6) is 0. The third-order valence-electron chi connectivity index (χ3n) is 4.68. The summed E-state index contributed by atoms with van der Waals surface area (Å²) in [6, 6.07) is 18.1. The molecule has 0 amide bonds. The van der Waals surface area contributed by atoms with Crippen LogP contribution >= 0.6 is 0 Å². The van der Waals surface area contributed by atoms with E-state index < -0.39 is 0 Å². The largest absolute Gasteiger partial charge is 0.344 e. The number of benzene rings is 2. The molecule has 1 atom stereocenters. The molecule has 0 aliphatic carbocycles. The van der Waals surface area contributed by atoms with E-state index in [0.29, 0.717) is 6.04 Å². The minimum Gasteiger partial charge on any atom is -0.344 e. The second-order valence-corrected chi connectivity index (χ2v) is 5.69. The van der Waals surface area contributed by atoms with E-state index in [1.807, 2.05) is 0 Å². The lowest BCUT2D eigenvalue weighted by Gasteiger charge is -2.30. The van der Waals surface area contributed by atoms with E-state index >= 15 is 0 Å². The number of para-hydroxylation sites is 2. The van der Waals surface area contributed by atoms with E-state index in [1.165, 1.54) is 22.5 Å². The molecule has 0 fully saturated rings. The smallest absolute Gasteiger partial charge is 0.0456 e. The van der Waals surface area contributed by atoms with Crippen molar-refractivity contribution in [3.8, 4) is 0 Å². The van der Waals surface area contributed by atoms with Crippen LogP contribution in [0.4, 0.5) is 11.4 Å². The number of hydrogen-bond donors (Lipinski definition) is 0. The van der Waals surface area contributed by atoms with E-state index in [1.54, 1.807) is 0 Å². The third kappa shape index (κ3) is 2.44. The minimum absolute atomic E-state index is 0.460. The average Bonchev–Trinajstić information content (AvgIpc) is 2.66. The molecule has 1 unspecified atom stereocenters. The minimum atomic E-state index is 0.460. The van der Waals surface area contributed by atoms with Gasteiger partial charge in [-0.05, 0) is 42.8 Å². The SMILES string of the molecule is CCN(CC)C1Cc2ccccc2N(C)c2ccccc21. The van der Waals surface area contributed by atoms with Gasteiger partial charge in [-0.15, -0.1) is 0 Å². The summed E-state index contributed by atoms with van der Waals surface area (Å²) in [4.78, 5) is 4.91. The zero-order chi connectivity index (χ0) is 14.8. The zero-order valence-corrected chi connectivity index (χ0v) is 13.2. The van der Waals surface area contributed by atoms with Crippen molar-refractivity contribution in [2.45, 2.75) is 26.3 Å². The highest BCUT2D eigenvalue weighted by atomic mass is 15.2. The Kier molecular flexibility index (Phi) is 3.98. The summed E-state index contributed by atoms with van der Waals surface area (Å²) in [7, 11) is 2.18. The van der Waals surface area contributed by atoms with Crippen LogP contribution in [-0.4, -0.2) is 25.0 Å². The van der Waals surface area contributed by atoms with Gasteiger partial charge in [-0.3, -0.25) is 4.90 Å². The standard InChI is InChI=1S/C19H24N2/c1-4-21(5-2)19-14-15-10-6-8-12-17(15)20(3)18-13-9-7-11-16(18)19/h6-13,19H,4-5,14H2,1-3H3. The van der Waals surface area contributed by atoms with E-state index in [2.05, 4.69) is 79.2 Å². The van der Waals surface area contributed by atoms with Gasteiger partial charge < -0.3 is 4.90 Å². The van der Waals surface area contributed by atoms with Gasteiger partial charge in [0, 0.05) is 24.5 Å². The van der Waals surface area contributed by atoms with Crippen LogP contribution in [0.2, 0.25) is 0 Å². The summed E-state index contributed by atoms with van der Waals surface area (Å²) >= 11 is 0. The topological polar surface area (TPSA) is 6.48 Å². The highest BCUT2D eigenvalue weighted by Gasteiger charge is 2.27. The molecular formula is C19H24N2. The first-order chi connectivity index (χ1) is 10.3. The molecule has 21 heavy (non-hydrogen) atoms. The maximum Gasteiger partial charge on any atom is 0.0456 e. The summed E-state index contributed by atoms with van der Waals surface area (Å²) in [5.41, 5.74) is 5.55. The van der Waals surface area contributed by atoms with Gasteiger partial charge in [0.1, 0.15) is 0 Å². The van der Waals surface area contributed by atoms with Gasteiger partial charge >= 0.3 is 0 Å². The van der Waals surface area contributed by atoms with Gasteiger partial charge in [0.05, 0.1) is 0 Å². The number of nitrogens with zero attached hydrogens (tertiary/aromatic N) is 2. The lowest BCUT2D eigenvalue weighted by atomic mass is 9.97. The molecule has 1 aliphatic heterocycles. The van der Waals surface area contributed by atoms with Gasteiger partial charge in [-0.2, -0.15) is 0 Å². The van der Waals surface area contributed by atoms with Gasteiger partial charge in [-0.1, -0.05) is 50.2 Å². The van der Waals surface area contributed by atoms with Gasteiger partial charge in [0.15, 0.2) is 0 Å². The lowest BCUT2D eigenvalue weighted by molar-refractivity contribution is 0.218. The Labute approximate surface area is 128 Å². The quantitative estimate of drug-likeness (QED) is 0.822. The maximum absolute atomic E-state index is 2.56. The van der Waals surface area contributed by atoms with Crippen molar-refractivity contribution in [1.29, 1.82) is 0 Å². The molecule has 110 valence electrons. The average molecular weight is 280 g/mol. The van der Waals surface area contributed by atoms with E-state index in [0.717, 1.165) is 19.5 Å². The maximum atomic E-state index is 2.56. The monoisotopic (exact) mass is 280 g/mol. The van der Waals surface area contributed by atoms with Crippen molar-refractivity contribution in [3.05, 3.63) is 59.7 Å². The van der Waals surface area contributed by atoms with Crippen molar-refractivity contribution in [3.63, 3.8) is 0 Å². The molecule has 0 bridgehead atoms. The normalized spacial score (nSPS) is 17.3. The van der Waals surface area contributed by atoms with Crippen LogP contribution in [0.1, 0.15) is 31.0 Å². The Morgan fingerprint density at radius 2 is 1.57 bits per heavy atom. The number of rotatable bonds is 3. The first kappa shape index (κ1) is 14.2.